The summed E-state index contributed by atoms with van der Waals surface area (Å²) in [7, 11) is 0. The topological polar surface area (TPSA) is 88.6 Å². The molecule has 11 heteroatoms. The van der Waals surface area contributed by atoms with Gasteiger partial charge in [0.1, 0.15) is 11.6 Å². The molecular formula is C20H23F3N6O2. The van der Waals surface area contributed by atoms with Crippen LogP contribution in [0.5, 0.6) is 0 Å². The van der Waals surface area contributed by atoms with Crippen molar-refractivity contribution >= 4 is 17.4 Å². The van der Waals surface area contributed by atoms with Gasteiger partial charge in [0.25, 0.3) is 5.82 Å². The molecule has 1 fully saturated rings. The number of amides is 1. The summed E-state index contributed by atoms with van der Waals surface area (Å²) in [6.07, 6.45) is -0.266. The molecule has 3 aromatic rings. The van der Waals surface area contributed by atoms with Crippen LogP contribution >= 0.6 is 0 Å². The summed E-state index contributed by atoms with van der Waals surface area (Å²) in [5, 5.41) is 13.8. The van der Waals surface area contributed by atoms with E-state index in [1.165, 1.54) is 6.07 Å². The Kier molecular flexibility index (Phi) is 5.84. The van der Waals surface area contributed by atoms with Gasteiger partial charge in [0.05, 0.1) is 6.26 Å². The number of nitrogens with zero attached hydrogens (tertiary/aromatic N) is 5. The lowest BCUT2D eigenvalue weighted by atomic mass is 9.95. The molecule has 0 aromatic carbocycles. The summed E-state index contributed by atoms with van der Waals surface area (Å²) in [5.74, 6) is 0.0196. The first-order valence-corrected chi connectivity index (χ1v) is 10.2. The van der Waals surface area contributed by atoms with Gasteiger partial charge in [-0.2, -0.15) is 17.7 Å². The quantitative estimate of drug-likeness (QED) is 0.639. The summed E-state index contributed by atoms with van der Waals surface area (Å²) in [6.45, 7) is 3.02. The molecule has 0 spiro atoms. The fourth-order valence-electron chi connectivity index (χ4n) is 3.74. The average molecular weight is 436 g/mol. The first-order valence-electron chi connectivity index (χ1n) is 10.2. The molecule has 1 aliphatic heterocycles. The van der Waals surface area contributed by atoms with E-state index in [1.807, 2.05) is 24.0 Å². The summed E-state index contributed by atoms with van der Waals surface area (Å²) in [5.41, 5.74) is 0.0360. The van der Waals surface area contributed by atoms with E-state index in [2.05, 4.69) is 20.6 Å². The highest BCUT2D eigenvalue weighted by atomic mass is 19.4. The van der Waals surface area contributed by atoms with E-state index in [-0.39, 0.29) is 23.5 Å². The third-order valence-electron chi connectivity index (χ3n) is 5.48. The SMILES string of the molecule is C[C@@H](CCc1ccco1)NC(=O)C1CCN(c2ccc3nnc(C(F)(F)F)n3n2)CC1. The Morgan fingerprint density at radius 1 is 1.26 bits per heavy atom. The average Bonchev–Trinajstić information content (AvgIpc) is 3.41. The summed E-state index contributed by atoms with van der Waals surface area (Å²) in [6, 6.07) is 6.86. The standard InChI is InChI=1S/C20H23F3N6O2/c1-13(4-5-15-3-2-12-31-15)24-18(30)14-8-10-28(11-9-14)17-7-6-16-25-26-19(20(21,22)23)29(16)27-17/h2-3,6-7,12-14H,4-5,8-11H2,1H3,(H,24,30)/t13-/m0/s1. The molecule has 166 valence electrons. The fourth-order valence-corrected chi connectivity index (χ4v) is 3.74. The molecule has 1 amide bonds. The van der Waals surface area contributed by atoms with Crippen LogP contribution in [-0.4, -0.2) is 44.8 Å². The molecule has 1 saturated heterocycles. The van der Waals surface area contributed by atoms with Crippen molar-refractivity contribution in [1.29, 1.82) is 0 Å². The number of fused-ring (bicyclic) bond motifs is 1. The van der Waals surface area contributed by atoms with Gasteiger partial charge in [-0.05, 0) is 50.5 Å². The Morgan fingerprint density at radius 3 is 2.71 bits per heavy atom. The maximum absolute atomic E-state index is 13.1. The van der Waals surface area contributed by atoms with Crippen LogP contribution in [0.25, 0.3) is 5.65 Å². The predicted octanol–water partition coefficient (Wildman–Crippen LogP) is 3.09. The Balaban J connectivity index is 1.32. The second-order valence-electron chi connectivity index (χ2n) is 7.77. The van der Waals surface area contributed by atoms with Gasteiger partial charge in [-0.1, -0.05) is 0 Å². The van der Waals surface area contributed by atoms with Gasteiger partial charge in [-0.25, -0.2) is 0 Å². The van der Waals surface area contributed by atoms with Crippen LogP contribution in [0, 0.1) is 5.92 Å². The highest BCUT2D eigenvalue weighted by Gasteiger charge is 2.38. The molecule has 1 atom stereocenters. The zero-order chi connectivity index (χ0) is 22.0. The van der Waals surface area contributed by atoms with Crippen LogP contribution in [0.2, 0.25) is 0 Å². The van der Waals surface area contributed by atoms with Crippen LogP contribution in [-0.2, 0) is 17.4 Å². The number of rotatable bonds is 6. The number of carbonyl (C=O) groups excluding carboxylic acids is 1. The van der Waals surface area contributed by atoms with Crippen LogP contribution in [0.15, 0.2) is 34.9 Å². The Hall–Kier alpha value is -3.11. The molecular weight excluding hydrogens is 413 g/mol. The van der Waals surface area contributed by atoms with Gasteiger partial charge in [0.15, 0.2) is 5.65 Å². The number of carbonyl (C=O) groups is 1. The van der Waals surface area contributed by atoms with Crippen LogP contribution in [0.3, 0.4) is 0 Å². The van der Waals surface area contributed by atoms with Crippen molar-refractivity contribution in [1.82, 2.24) is 25.1 Å². The summed E-state index contributed by atoms with van der Waals surface area (Å²) >= 11 is 0. The van der Waals surface area contributed by atoms with Crippen molar-refractivity contribution in [3.63, 3.8) is 0 Å². The van der Waals surface area contributed by atoms with Gasteiger partial charge in [0, 0.05) is 31.5 Å². The lowest BCUT2D eigenvalue weighted by Gasteiger charge is -2.32. The van der Waals surface area contributed by atoms with Crippen molar-refractivity contribution in [2.75, 3.05) is 18.0 Å². The molecule has 8 nitrogen and oxygen atoms in total. The van der Waals surface area contributed by atoms with Crippen LogP contribution in [0.4, 0.5) is 19.0 Å². The molecule has 3 aromatic heterocycles. The van der Waals surface area contributed by atoms with E-state index in [4.69, 9.17) is 4.42 Å². The van der Waals surface area contributed by atoms with E-state index < -0.39 is 12.0 Å². The van der Waals surface area contributed by atoms with Crippen LogP contribution in [0.1, 0.15) is 37.8 Å². The van der Waals surface area contributed by atoms with Gasteiger partial charge in [-0.15, -0.1) is 15.3 Å². The molecule has 0 bridgehead atoms. The predicted molar refractivity (Wildman–Crippen MR) is 105 cm³/mol. The van der Waals surface area contributed by atoms with Crippen molar-refractivity contribution in [3.05, 3.63) is 42.1 Å². The highest BCUT2D eigenvalue weighted by molar-refractivity contribution is 5.79. The number of furan rings is 1. The van der Waals surface area contributed by atoms with E-state index >= 15 is 0 Å². The number of aryl methyl sites for hydroxylation is 1. The maximum atomic E-state index is 13.1. The number of hydrogen-bond acceptors (Lipinski definition) is 6. The van der Waals surface area contributed by atoms with Gasteiger partial charge >= 0.3 is 6.18 Å². The minimum atomic E-state index is -4.64. The molecule has 4 heterocycles. The number of anilines is 1. The number of alkyl halides is 3. The third-order valence-corrected chi connectivity index (χ3v) is 5.48. The Bertz CT molecular complexity index is 1030. The number of nitrogens with one attached hydrogen (secondary N) is 1. The van der Waals surface area contributed by atoms with E-state index in [9.17, 15) is 18.0 Å². The third kappa shape index (κ3) is 4.80. The zero-order valence-corrected chi connectivity index (χ0v) is 17.0. The highest BCUT2D eigenvalue weighted by Crippen LogP contribution is 2.28. The summed E-state index contributed by atoms with van der Waals surface area (Å²) < 4.78 is 45.3. The first kappa shape index (κ1) is 21.1. The maximum Gasteiger partial charge on any atom is 0.453 e. The van der Waals surface area contributed by atoms with Crippen molar-refractivity contribution in [2.45, 2.75) is 44.8 Å². The fraction of sp³-hybridized carbons (Fsp3) is 0.500. The lowest BCUT2D eigenvalue weighted by molar-refractivity contribution is -0.146. The minimum Gasteiger partial charge on any atom is -0.469 e. The lowest BCUT2D eigenvalue weighted by Crippen LogP contribution is -2.43. The van der Waals surface area contributed by atoms with Crippen molar-refractivity contribution in [3.8, 4) is 0 Å². The van der Waals surface area contributed by atoms with Crippen molar-refractivity contribution in [2.24, 2.45) is 5.92 Å². The van der Waals surface area contributed by atoms with Crippen LogP contribution < -0.4 is 10.2 Å². The Morgan fingerprint density at radius 2 is 2.03 bits per heavy atom. The second-order valence-corrected chi connectivity index (χ2v) is 7.77. The van der Waals surface area contributed by atoms with Gasteiger partial charge in [-0.3, -0.25) is 4.79 Å². The smallest absolute Gasteiger partial charge is 0.453 e. The number of aromatic nitrogens is 4. The van der Waals surface area contributed by atoms with Gasteiger partial charge < -0.3 is 14.6 Å². The molecule has 0 radical (unpaired) electrons. The normalized spacial score (nSPS) is 16.6. The molecule has 1 aliphatic rings. The second kappa shape index (κ2) is 8.56. The zero-order valence-electron chi connectivity index (χ0n) is 17.0. The molecule has 1 N–H and O–H groups in total. The largest absolute Gasteiger partial charge is 0.469 e. The molecule has 4 rings (SSSR count). The van der Waals surface area contributed by atoms with E-state index in [1.54, 1.807) is 12.3 Å². The number of piperidine rings is 1. The molecule has 0 unspecified atom stereocenters. The van der Waals surface area contributed by atoms with E-state index in [0.29, 0.717) is 31.7 Å². The number of hydrogen-bond donors (Lipinski definition) is 1. The molecule has 0 saturated carbocycles. The molecule has 31 heavy (non-hydrogen) atoms. The molecule has 0 aliphatic carbocycles. The summed E-state index contributed by atoms with van der Waals surface area (Å²) in [4.78, 5) is 14.5. The number of halogens is 3. The monoisotopic (exact) mass is 436 g/mol. The Labute approximate surface area is 176 Å². The van der Waals surface area contributed by atoms with Gasteiger partial charge in [0.2, 0.25) is 5.91 Å². The van der Waals surface area contributed by atoms with E-state index in [0.717, 1.165) is 23.1 Å². The minimum absolute atomic E-state index is 0.00757. The van der Waals surface area contributed by atoms with Crippen molar-refractivity contribution < 1.29 is 22.4 Å². The first-order chi connectivity index (χ1) is 14.8.